The zero-order valence-electron chi connectivity index (χ0n) is 11.3. The van der Waals surface area contributed by atoms with Gasteiger partial charge in [-0.25, -0.2) is 0 Å². The number of hydrogen-bond donors (Lipinski definition) is 0. The van der Waals surface area contributed by atoms with Gasteiger partial charge in [-0.3, -0.25) is 0 Å². The largest absolute Gasteiger partial charge is 0.486 e. The van der Waals surface area contributed by atoms with Crippen molar-refractivity contribution in [3.63, 3.8) is 0 Å². The van der Waals surface area contributed by atoms with Crippen LogP contribution in [-0.2, 0) is 19.4 Å². The lowest BCUT2D eigenvalue weighted by Crippen LogP contribution is -2.15. The maximum Gasteiger partial charge on any atom is 0.225 e. The van der Waals surface area contributed by atoms with Gasteiger partial charge < -0.3 is 14.0 Å². The Morgan fingerprint density at radius 1 is 1.20 bits per heavy atom. The molecule has 0 fully saturated rings. The van der Waals surface area contributed by atoms with Crippen molar-refractivity contribution in [1.29, 1.82) is 0 Å². The van der Waals surface area contributed by atoms with Crippen molar-refractivity contribution in [1.82, 2.24) is 14.8 Å². The van der Waals surface area contributed by atoms with Crippen molar-refractivity contribution in [2.45, 2.75) is 26.3 Å². The van der Waals surface area contributed by atoms with Crippen LogP contribution >= 0.6 is 11.6 Å². The maximum atomic E-state index is 6.05. The Morgan fingerprint density at radius 3 is 2.80 bits per heavy atom. The summed E-state index contributed by atoms with van der Waals surface area (Å²) in [7, 11) is 0. The molecule has 1 aromatic carbocycles. The molecule has 5 nitrogen and oxygen atoms in total. The highest BCUT2D eigenvalue weighted by Gasteiger charge is 2.13. The number of nitrogens with zero attached hydrogens (tertiary/aromatic N) is 3. The van der Waals surface area contributed by atoms with E-state index in [0.29, 0.717) is 18.5 Å². The number of ether oxygens (including phenoxy) is 2. The Balaban J connectivity index is 1.73. The van der Waals surface area contributed by atoms with Crippen LogP contribution in [0.2, 0.25) is 5.28 Å². The minimum atomic E-state index is 0.444. The summed E-state index contributed by atoms with van der Waals surface area (Å²) in [6.07, 6.45) is 1.67. The number of aromatic nitrogens is 3. The lowest BCUT2D eigenvalue weighted by Gasteiger charge is -2.19. The molecule has 1 aliphatic heterocycles. The minimum Gasteiger partial charge on any atom is -0.486 e. The molecule has 2 heterocycles. The van der Waals surface area contributed by atoms with Gasteiger partial charge >= 0.3 is 0 Å². The van der Waals surface area contributed by atoms with Gasteiger partial charge in [0.2, 0.25) is 5.28 Å². The molecule has 1 aromatic heterocycles. The van der Waals surface area contributed by atoms with Crippen LogP contribution in [0.4, 0.5) is 0 Å². The lowest BCUT2D eigenvalue weighted by atomic mass is 10.1. The first-order chi connectivity index (χ1) is 9.78. The monoisotopic (exact) mass is 293 g/mol. The summed E-state index contributed by atoms with van der Waals surface area (Å²) < 4.78 is 13.0. The average molecular weight is 294 g/mol. The van der Waals surface area contributed by atoms with E-state index in [9.17, 15) is 0 Å². The van der Waals surface area contributed by atoms with Gasteiger partial charge in [0, 0.05) is 13.0 Å². The van der Waals surface area contributed by atoms with Crippen LogP contribution in [0.25, 0.3) is 0 Å². The van der Waals surface area contributed by atoms with Gasteiger partial charge in [0.05, 0.1) is 0 Å². The predicted molar refractivity (Wildman–Crippen MR) is 75.5 cm³/mol. The van der Waals surface area contributed by atoms with E-state index in [4.69, 9.17) is 21.1 Å². The summed E-state index contributed by atoms with van der Waals surface area (Å²) >= 11 is 6.05. The Morgan fingerprint density at radius 2 is 2.00 bits per heavy atom. The van der Waals surface area contributed by atoms with Gasteiger partial charge in [0.1, 0.15) is 19.0 Å². The van der Waals surface area contributed by atoms with Crippen LogP contribution < -0.4 is 9.47 Å². The van der Waals surface area contributed by atoms with E-state index in [0.717, 1.165) is 36.7 Å². The second-order valence-electron chi connectivity index (χ2n) is 4.62. The van der Waals surface area contributed by atoms with E-state index in [1.807, 2.05) is 23.6 Å². The van der Waals surface area contributed by atoms with Gasteiger partial charge in [-0.2, -0.15) is 0 Å². The van der Waals surface area contributed by atoms with Gasteiger partial charge in [0.25, 0.3) is 0 Å². The van der Waals surface area contributed by atoms with E-state index in [2.05, 4.69) is 16.3 Å². The first-order valence-corrected chi connectivity index (χ1v) is 7.12. The molecule has 0 amide bonds. The summed E-state index contributed by atoms with van der Waals surface area (Å²) in [5, 5.41) is 8.40. The van der Waals surface area contributed by atoms with E-state index in [1.54, 1.807) is 0 Å². The van der Waals surface area contributed by atoms with Crippen LogP contribution in [0, 0.1) is 0 Å². The van der Waals surface area contributed by atoms with E-state index in [1.165, 1.54) is 5.56 Å². The number of rotatable bonds is 4. The molecular weight excluding hydrogens is 278 g/mol. The number of aryl methyl sites for hydroxylation is 2. The fourth-order valence-corrected chi connectivity index (χ4v) is 2.50. The highest BCUT2D eigenvalue weighted by atomic mass is 35.5. The normalized spacial score (nSPS) is 13.5. The first kappa shape index (κ1) is 13.2. The van der Waals surface area contributed by atoms with Crippen molar-refractivity contribution in [2.24, 2.45) is 0 Å². The quantitative estimate of drug-likeness (QED) is 0.869. The second-order valence-corrected chi connectivity index (χ2v) is 4.96. The molecule has 2 aromatic rings. The third-order valence-electron chi connectivity index (χ3n) is 3.33. The van der Waals surface area contributed by atoms with Crippen LogP contribution in [-0.4, -0.2) is 28.0 Å². The molecule has 0 saturated carbocycles. The maximum absolute atomic E-state index is 6.05. The topological polar surface area (TPSA) is 49.2 Å². The van der Waals surface area contributed by atoms with E-state index in [-0.39, 0.29) is 0 Å². The van der Waals surface area contributed by atoms with Crippen LogP contribution in [0.3, 0.4) is 0 Å². The van der Waals surface area contributed by atoms with Crippen LogP contribution in [0.15, 0.2) is 18.2 Å². The van der Waals surface area contributed by atoms with Gasteiger partial charge in [-0.15, -0.1) is 10.2 Å². The molecule has 3 rings (SSSR count). The Hall–Kier alpha value is -1.75. The number of fused-ring (bicyclic) bond motifs is 1. The third-order valence-corrected chi connectivity index (χ3v) is 3.61. The molecule has 0 bridgehead atoms. The molecule has 1 aliphatic rings. The first-order valence-electron chi connectivity index (χ1n) is 6.74. The smallest absolute Gasteiger partial charge is 0.225 e. The molecule has 106 valence electrons. The van der Waals surface area contributed by atoms with Gasteiger partial charge in [-0.1, -0.05) is 13.0 Å². The Labute approximate surface area is 122 Å². The minimum absolute atomic E-state index is 0.444. The standard InChI is InChI=1S/C14H16ClN3O2/c1-2-13-16-17-14(15)18(13)6-5-10-3-4-11-12(9-10)20-8-7-19-11/h3-4,9H,2,5-8H2,1H3. The molecular formula is C14H16ClN3O2. The number of hydrogen-bond acceptors (Lipinski definition) is 4. The molecule has 20 heavy (non-hydrogen) atoms. The molecule has 0 aliphatic carbocycles. The fourth-order valence-electron chi connectivity index (χ4n) is 2.28. The SMILES string of the molecule is CCc1nnc(Cl)n1CCc1ccc2c(c1)OCCO2. The van der Waals surface area contributed by atoms with Crippen molar-refractivity contribution < 1.29 is 9.47 Å². The highest BCUT2D eigenvalue weighted by molar-refractivity contribution is 6.28. The molecule has 0 atom stereocenters. The predicted octanol–water partition coefficient (Wildman–Crippen LogP) is 2.51. The van der Waals surface area contributed by atoms with E-state index >= 15 is 0 Å². The zero-order chi connectivity index (χ0) is 13.9. The van der Waals surface area contributed by atoms with E-state index < -0.39 is 0 Å². The molecule has 0 unspecified atom stereocenters. The highest BCUT2D eigenvalue weighted by Crippen LogP contribution is 2.31. The molecule has 6 heteroatoms. The molecule has 0 spiro atoms. The van der Waals surface area contributed by atoms with Gasteiger partial charge in [-0.05, 0) is 35.7 Å². The zero-order valence-corrected chi connectivity index (χ0v) is 12.1. The Bertz CT molecular complexity index is 612. The second kappa shape index (κ2) is 5.71. The summed E-state index contributed by atoms with van der Waals surface area (Å²) in [5.74, 6) is 2.54. The summed E-state index contributed by atoms with van der Waals surface area (Å²) in [6.45, 7) is 4.02. The lowest BCUT2D eigenvalue weighted by molar-refractivity contribution is 0.171. The summed E-state index contributed by atoms with van der Waals surface area (Å²) in [4.78, 5) is 0. The van der Waals surface area contributed by atoms with Gasteiger partial charge in [0.15, 0.2) is 11.5 Å². The summed E-state index contributed by atoms with van der Waals surface area (Å²) in [6, 6.07) is 6.04. The fraction of sp³-hybridized carbons (Fsp3) is 0.429. The third kappa shape index (κ3) is 2.58. The van der Waals surface area contributed by atoms with Crippen molar-refractivity contribution in [3.8, 4) is 11.5 Å². The number of benzene rings is 1. The van der Waals surface area contributed by atoms with Crippen molar-refractivity contribution in [2.75, 3.05) is 13.2 Å². The van der Waals surface area contributed by atoms with Crippen molar-refractivity contribution in [3.05, 3.63) is 34.9 Å². The molecule has 0 N–H and O–H groups in total. The molecule has 0 saturated heterocycles. The Kier molecular flexibility index (Phi) is 3.78. The van der Waals surface area contributed by atoms with Crippen LogP contribution in [0.1, 0.15) is 18.3 Å². The molecule has 0 radical (unpaired) electrons. The average Bonchev–Trinajstić information content (AvgIpc) is 2.85. The van der Waals surface area contributed by atoms with Crippen LogP contribution in [0.5, 0.6) is 11.5 Å². The van der Waals surface area contributed by atoms with Crippen molar-refractivity contribution >= 4 is 11.6 Å². The summed E-state index contributed by atoms with van der Waals surface area (Å²) in [5.41, 5.74) is 1.18. The number of halogens is 1.